The van der Waals surface area contributed by atoms with E-state index in [-0.39, 0.29) is 29.0 Å². The summed E-state index contributed by atoms with van der Waals surface area (Å²) in [6.07, 6.45) is -3.40. The maximum Gasteiger partial charge on any atom is 0.421 e. The van der Waals surface area contributed by atoms with Gasteiger partial charge >= 0.3 is 12.1 Å². The van der Waals surface area contributed by atoms with E-state index in [0.717, 1.165) is 17.7 Å². The number of nitrogens with zero attached hydrogens (tertiary/aromatic N) is 3. The lowest BCUT2D eigenvalue weighted by molar-refractivity contribution is -0.138. The fourth-order valence-corrected chi connectivity index (χ4v) is 4.79. The van der Waals surface area contributed by atoms with Crippen LogP contribution in [0, 0.1) is 6.92 Å². The zero-order chi connectivity index (χ0) is 29.9. The molecule has 12 heteroatoms. The molecule has 0 bridgehead atoms. The molecule has 0 saturated heterocycles. The highest BCUT2D eigenvalue weighted by atomic mass is 32.1. The summed E-state index contributed by atoms with van der Waals surface area (Å²) in [4.78, 5) is 35.1. The molecule has 1 amide bonds. The van der Waals surface area contributed by atoms with Crippen LogP contribution in [0.25, 0.3) is 0 Å². The summed E-state index contributed by atoms with van der Waals surface area (Å²) >= 11 is 1.33. The monoisotopic (exact) mass is 584 g/mol. The van der Waals surface area contributed by atoms with Gasteiger partial charge < -0.3 is 20.1 Å². The molecule has 0 radical (unpaired) electrons. The van der Waals surface area contributed by atoms with E-state index < -0.39 is 35.5 Å². The molecule has 0 saturated carbocycles. The third-order valence-corrected chi connectivity index (χ3v) is 6.98. The van der Waals surface area contributed by atoms with Crippen LogP contribution in [0.15, 0.2) is 60.1 Å². The number of benzene rings is 2. The van der Waals surface area contributed by atoms with Crippen molar-refractivity contribution in [2.75, 3.05) is 17.3 Å². The molecule has 2 aromatic carbocycles. The molecule has 4 rings (SSSR count). The molecule has 2 N–H and O–H groups in total. The van der Waals surface area contributed by atoms with Crippen LogP contribution in [0.3, 0.4) is 0 Å². The zero-order valence-electron chi connectivity index (χ0n) is 22.6. The Morgan fingerprint density at radius 2 is 1.83 bits per heavy atom. The van der Waals surface area contributed by atoms with Crippen LogP contribution in [0.4, 0.5) is 24.0 Å². The molecule has 2 aromatic heterocycles. The van der Waals surface area contributed by atoms with Crippen molar-refractivity contribution in [3.63, 3.8) is 0 Å². The third-order valence-electron chi connectivity index (χ3n) is 6.07. The highest BCUT2D eigenvalue weighted by molar-refractivity contribution is 7.13. The van der Waals surface area contributed by atoms with E-state index in [1.165, 1.54) is 34.6 Å². The first kappa shape index (κ1) is 29.5. The number of alkyl halides is 3. The Bertz CT molecular complexity index is 1570. The Balaban J connectivity index is 1.67. The highest BCUT2D eigenvalue weighted by Gasteiger charge is 2.36. The van der Waals surface area contributed by atoms with Gasteiger partial charge in [0.05, 0.1) is 16.9 Å². The second-order valence-electron chi connectivity index (χ2n) is 9.49. The summed E-state index contributed by atoms with van der Waals surface area (Å²) in [5.74, 6) is -2.70. The van der Waals surface area contributed by atoms with E-state index in [0.29, 0.717) is 16.4 Å². The SMILES string of the molecule is CNc1nc(Cc2cnc(Oc3ccc(N(C(=O)c4ccc(C)cc4)C(C)C)c(C(=O)O)c3)c(C(F)(F)F)c2)cs1. The van der Waals surface area contributed by atoms with E-state index in [4.69, 9.17) is 4.74 Å². The second kappa shape index (κ2) is 12.0. The number of carbonyl (C=O) groups excluding carboxylic acids is 1. The van der Waals surface area contributed by atoms with Crippen LogP contribution in [-0.2, 0) is 12.6 Å². The van der Waals surface area contributed by atoms with E-state index in [2.05, 4.69) is 15.3 Å². The van der Waals surface area contributed by atoms with Crippen LogP contribution in [0.1, 0.15) is 56.9 Å². The number of nitrogens with one attached hydrogen (secondary N) is 1. The molecular weight excluding hydrogens is 557 g/mol. The van der Waals surface area contributed by atoms with Crippen LogP contribution in [0.2, 0.25) is 0 Å². The lowest BCUT2D eigenvalue weighted by atomic mass is 10.1. The average molecular weight is 585 g/mol. The van der Waals surface area contributed by atoms with Gasteiger partial charge in [-0.05, 0) is 62.7 Å². The number of amides is 1. The molecule has 0 atom stereocenters. The number of aromatic carboxylic acids is 1. The number of pyridine rings is 1. The average Bonchev–Trinajstić information content (AvgIpc) is 3.37. The van der Waals surface area contributed by atoms with Gasteiger partial charge in [-0.15, -0.1) is 11.3 Å². The highest BCUT2D eigenvalue weighted by Crippen LogP contribution is 2.39. The van der Waals surface area contributed by atoms with Crippen molar-refractivity contribution in [3.05, 3.63) is 93.6 Å². The first-order valence-corrected chi connectivity index (χ1v) is 13.4. The zero-order valence-corrected chi connectivity index (χ0v) is 23.4. The van der Waals surface area contributed by atoms with Crippen molar-refractivity contribution in [2.24, 2.45) is 0 Å². The molecule has 0 aliphatic heterocycles. The van der Waals surface area contributed by atoms with Gasteiger partial charge in [-0.1, -0.05) is 17.7 Å². The molecule has 0 fully saturated rings. The number of halogens is 3. The van der Waals surface area contributed by atoms with Gasteiger partial charge in [0.1, 0.15) is 11.3 Å². The maximum absolute atomic E-state index is 14.0. The van der Waals surface area contributed by atoms with Crippen molar-refractivity contribution >= 4 is 34.0 Å². The molecular formula is C29H27F3N4O4S. The number of rotatable bonds is 9. The molecule has 41 heavy (non-hydrogen) atoms. The Hall–Kier alpha value is -4.45. The Labute approximate surface area is 238 Å². The topological polar surface area (TPSA) is 105 Å². The molecule has 214 valence electrons. The number of hydrogen-bond acceptors (Lipinski definition) is 7. The van der Waals surface area contributed by atoms with Crippen LogP contribution in [0.5, 0.6) is 11.6 Å². The summed E-state index contributed by atoms with van der Waals surface area (Å²) in [5, 5.41) is 15.2. The second-order valence-corrected chi connectivity index (χ2v) is 10.3. The smallest absolute Gasteiger partial charge is 0.421 e. The van der Waals surface area contributed by atoms with Crippen molar-refractivity contribution < 1.29 is 32.6 Å². The van der Waals surface area contributed by atoms with Crippen molar-refractivity contribution in [3.8, 4) is 11.6 Å². The standard InChI is InChI=1S/C29H27F3N4O4S/c1-16(2)36(26(37)19-7-5-17(3)6-8-19)24-10-9-21(13-22(24)27(38)39)40-25-23(29(30,31)32)12-18(14-34-25)11-20-15-41-28(33-4)35-20/h5-10,12-16H,11H2,1-4H3,(H,33,35)(H,38,39). The van der Waals surface area contributed by atoms with Crippen LogP contribution >= 0.6 is 11.3 Å². The molecule has 4 aromatic rings. The van der Waals surface area contributed by atoms with Gasteiger partial charge in [-0.25, -0.2) is 14.8 Å². The molecule has 0 unspecified atom stereocenters. The minimum absolute atomic E-state index is 0.0778. The molecule has 0 aliphatic carbocycles. The molecule has 8 nitrogen and oxygen atoms in total. The van der Waals surface area contributed by atoms with E-state index >= 15 is 0 Å². The number of carboxylic acids is 1. The van der Waals surface area contributed by atoms with E-state index in [1.54, 1.807) is 50.5 Å². The number of carbonyl (C=O) groups is 2. The first-order chi connectivity index (χ1) is 19.4. The van der Waals surface area contributed by atoms with Crippen LogP contribution < -0.4 is 15.0 Å². The lowest BCUT2D eigenvalue weighted by Gasteiger charge is -2.28. The fraction of sp³-hybridized carbons (Fsp3) is 0.241. The Morgan fingerprint density at radius 1 is 1.12 bits per heavy atom. The van der Waals surface area contributed by atoms with Crippen molar-refractivity contribution in [2.45, 2.75) is 39.4 Å². The van der Waals surface area contributed by atoms with Gasteiger partial charge in [-0.2, -0.15) is 13.2 Å². The van der Waals surface area contributed by atoms with Gasteiger partial charge in [-0.3, -0.25) is 4.79 Å². The number of ether oxygens (including phenoxy) is 1. The lowest BCUT2D eigenvalue weighted by Crippen LogP contribution is -2.38. The summed E-state index contributed by atoms with van der Waals surface area (Å²) in [6.45, 7) is 5.34. The largest absolute Gasteiger partial charge is 0.478 e. The minimum Gasteiger partial charge on any atom is -0.478 e. The maximum atomic E-state index is 14.0. The Morgan fingerprint density at radius 3 is 2.41 bits per heavy atom. The van der Waals surface area contributed by atoms with Gasteiger partial charge in [0, 0.05) is 36.7 Å². The predicted octanol–water partition coefficient (Wildman–Crippen LogP) is 7.04. The fourth-order valence-electron chi connectivity index (χ4n) is 4.12. The number of hydrogen-bond donors (Lipinski definition) is 2. The van der Waals surface area contributed by atoms with Crippen LogP contribution in [-0.4, -0.2) is 40.0 Å². The first-order valence-electron chi connectivity index (χ1n) is 12.5. The number of carboxylic acid groups (broad SMARTS) is 1. The van der Waals surface area contributed by atoms with Gasteiger partial charge in [0.15, 0.2) is 5.13 Å². The summed E-state index contributed by atoms with van der Waals surface area (Å²) in [6, 6.07) is 11.1. The van der Waals surface area contributed by atoms with Gasteiger partial charge in [0.2, 0.25) is 5.88 Å². The molecule has 0 spiro atoms. The number of aromatic nitrogens is 2. The van der Waals surface area contributed by atoms with E-state index in [1.807, 2.05) is 6.92 Å². The number of anilines is 2. The summed E-state index contributed by atoms with van der Waals surface area (Å²) in [7, 11) is 1.70. The summed E-state index contributed by atoms with van der Waals surface area (Å²) in [5.41, 5.74) is 0.829. The van der Waals surface area contributed by atoms with Crippen molar-refractivity contribution in [1.29, 1.82) is 0 Å². The van der Waals surface area contributed by atoms with E-state index in [9.17, 15) is 27.9 Å². The third kappa shape index (κ3) is 6.83. The quantitative estimate of drug-likeness (QED) is 0.217. The number of aryl methyl sites for hydroxylation is 1. The molecule has 0 aliphatic rings. The number of thiazole rings is 1. The van der Waals surface area contributed by atoms with Gasteiger partial charge in [0.25, 0.3) is 5.91 Å². The van der Waals surface area contributed by atoms with Crippen molar-refractivity contribution in [1.82, 2.24) is 9.97 Å². The predicted molar refractivity (Wildman–Crippen MR) is 150 cm³/mol. The Kier molecular flexibility index (Phi) is 8.62. The normalized spacial score (nSPS) is 11.4. The molecule has 2 heterocycles. The minimum atomic E-state index is -4.79. The summed E-state index contributed by atoms with van der Waals surface area (Å²) < 4.78 is 47.4.